The smallest absolute Gasteiger partial charge is 0.230 e. The van der Waals surface area contributed by atoms with E-state index in [1.54, 1.807) is 11.8 Å². The number of thioether (sulfide) groups is 2. The summed E-state index contributed by atoms with van der Waals surface area (Å²) in [4.78, 5) is 16.8. The summed E-state index contributed by atoms with van der Waals surface area (Å²) in [6, 6.07) is 8.13. The number of unbranched alkanes of at least 4 members (excludes halogenated alkanes) is 1. The van der Waals surface area contributed by atoms with Gasteiger partial charge < -0.3 is 10.1 Å². The van der Waals surface area contributed by atoms with Crippen LogP contribution in [-0.2, 0) is 4.79 Å². The van der Waals surface area contributed by atoms with E-state index >= 15 is 0 Å². The highest BCUT2D eigenvalue weighted by atomic mass is 32.2. The number of nitrogens with one attached hydrogen (secondary N) is 1. The fourth-order valence-corrected chi connectivity index (χ4v) is 4.86. The Morgan fingerprint density at radius 3 is 2.62 bits per heavy atom. The number of allylic oxidation sites excluding steroid dienone is 1. The highest BCUT2D eigenvalue weighted by molar-refractivity contribution is 8.00. The van der Waals surface area contributed by atoms with Gasteiger partial charge in [-0.1, -0.05) is 13.3 Å². The topological polar surface area (TPSA) is 50.7 Å². The molecule has 1 amide bonds. The summed E-state index contributed by atoms with van der Waals surface area (Å²) < 4.78 is 5.51. The Kier molecular flexibility index (Phi) is 11.3. The molecule has 0 aliphatic carbocycles. The Morgan fingerprint density at radius 1 is 1.14 bits per heavy atom. The van der Waals surface area contributed by atoms with Crippen molar-refractivity contribution in [2.24, 2.45) is 4.99 Å². The number of ether oxygens (including phenoxy) is 1. The molecule has 0 unspecified atom stereocenters. The standard InChI is InChI=1S/C23H34N2O2S2/c1-4-6-13-28-14-7-12-24-23(26)17-29-16-22-18(3)15-21(25-22)19-8-10-20(11-9-19)27-5-2/h8-11H,4-7,12-17H2,1-3H3,(H,24,26). The molecule has 160 valence electrons. The lowest BCUT2D eigenvalue weighted by molar-refractivity contribution is -0.118. The minimum atomic E-state index is 0.125. The number of carbonyl (C=O) groups is 1. The van der Waals surface area contributed by atoms with Gasteiger partial charge in [0, 0.05) is 24.4 Å². The van der Waals surface area contributed by atoms with E-state index in [0.717, 1.165) is 53.6 Å². The molecule has 1 aromatic rings. The summed E-state index contributed by atoms with van der Waals surface area (Å²) >= 11 is 3.62. The predicted molar refractivity (Wildman–Crippen MR) is 129 cm³/mol. The summed E-state index contributed by atoms with van der Waals surface area (Å²) in [5.41, 5.74) is 4.65. The summed E-state index contributed by atoms with van der Waals surface area (Å²) in [6.07, 6.45) is 4.46. The minimum absolute atomic E-state index is 0.125. The first-order valence-corrected chi connectivity index (χ1v) is 12.9. The molecule has 2 rings (SSSR count). The van der Waals surface area contributed by atoms with Gasteiger partial charge in [-0.3, -0.25) is 9.79 Å². The molecule has 1 aliphatic rings. The van der Waals surface area contributed by atoms with Crippen LogP contribution < -0.4 is 10.1 Å². The maximum atomic E-state index is 12.0. The number of nitrogens with zero attached hydrogens (tertiary/aromatic N) is 1. The largest absolute Gasteiger partial charge is 0.494 e. The summed E-state index contributed by atoms with van der Waals surface area (Å²) in [6.45, 7) is 7.79. The van der Waals surface area contributed by atoms with Crippen molar-refractivity contribution in [3.8, 4) is 5.75 Å². The molecule has 0 saturated heterocycles. The van der Waals surface area contributed by atoms with Gasteiger partial charge in [-0.2, -0.15) is 11.8 Å². The van der Waals surface area contributed by atoms with Gasteiger partial charge in [-0.25, -0.2) is 0 Å². The second-order valence-corrected chi connectivity index (χ2v) is 9.29. The van der Waals surface area contributed by atoms with Crippen molar-refractivity contribution >= 4 is 35.1 Å². The third kappa shape index (κ3) is 8.87. The number of carbonyl (C=O) groups excluding carboxylic acids is 1. The number of hydrogen-bond donors (Lipinski definition) is 1. The van der Waals surface area contributed by atoms with Crippen LogP contribution in [0.15, 0.2) is 40.5 Å². The van der Waals surface area contributed by atoms with Gasteiger partial charge in [-0.05, 0) is 73.6 Å². The third-order valence-corrected chi connectivity index (χ3v) is 6.69. The van der Waals surface area contributed by atoms with Crippen LogP contribution in [0.1, 0.15) is 52.0 Å². The van der Waals surface area contributed by atoms with Gasteiger partial charge in [-0.15, -0.1) is 11.8 Å². The molecule has 1 aliphatic heterocycles. The molecular weight excluding hydrogens is 400 g/mol. The monoisotopic (exact) mass is 434 g/mol. The highest BCUT2D eigenvalue weighted by Gasteiger charge is 2.16. The normalized spacial score (nSPS) is 13.6. The van der Waals surface area contributed by atoms with Crippen LogP contribution in [0.3, 0.4) is 0 Å². The quantitative estimate of drug-likeness (QED) is 0.402. The van der Waals surface area contributed by atoms with E-state index in [9.17, 15) is 4.79 Å². The Hall–Kier alpha value is -1.40. The zero-order chi connectivity index (χ0) is 20.9. The van der Waals surface area contributed by atoms with Crippen LogP contribution >= 0.6 is 23.5 Å². The first kappa shape index (κ1) is 23.9. The Labute approximate surface area is 184 Å². The second kappa shape index (κ2) is 13.8. The molecule has 0 aromatic heterocycles. The molecule has 1 aromatic carbocycles. The van der Waals surface area contributed by atoms with Gasteiger partial charge in [0.25, 0.3) is 0 Å². The Morgan fingerprint density at radius 2 is 1.90 bits per heavy atom. The van der Waals surface area contributed by atoms with E-state index in [2.05, 4.69) is 31.3 Å². The summed E-state index contributed by atoms with van der Waals surface area (Å²) in [5, 5.41) is 3.02. The molecule has 0 atom stereocenters. The van der Waals surface area contributed by atoms with E-state index in [1.807, 2.05) is 30.8 Å². The van der Waals surface area contributed by atoms with Crippen molar-refractivity contribution in [1.29, 1.82) is 0 Å². The number of amides is 1. The maximum absolute atomic E-state index is 12.0. The fraction of sp³-hybridized carbons (Fsp3) is 0.565. The molecule has 0 spiro atoms. The minimum Gasteiger partial charge on any atom is -0.494 e. The molecular formula is C23H34N2O2S2. The van der Waals surface area contributed by atoms with Crippen LogP contribution in [0.2, 0.25) is 0 Å². The molecule has 0 radical (unpaired) electrons. The fourth-order valence-electron chi connectivity index (χ4n) is 2.93. The van der Waals surface area contributed by atoms with Crippen molar-refractivity contribution in [2.45, 2.75) is 46.5 Å². The van der Waals surface area contributed by atoms with Crippen molar-refractivity contribution < 1.29 is 9.53 Å². The number of rotatable bonds is 14. The zero-order valence-electron chi connectivity index (χ0n) is 18.0. The molecule has 29 heavy (non-hydrogen) atoms. The molecule has 1 heterocycles. The molecule has 1 N–H and O–H groups in total. The Bertz CT molecular complexity index is 699. The van der Waals surface area contributed by atoms with Crippen LogP contribution in [-0.4, -0.2) is 47.8 Å². The lowest BCUT2D eigenvalue weighted by atomic mass is 10.1. The first-order chi connectivity index (χ1) is 14.1. The van der Waals surface area contributed by atoms with Gasteiger partial charge in [0.15, 0.2) is 0 Å². The van der Waals surface area contributed by atoms with Gasteiger partial charge in [0.2, 0.25) is 5.91 Å². The van der Waals surface area contributed by atoms with Crippen LogP contribution in [0.25, 0.3) is 0 Å². The van der Waals surface area contributed by atoms with Crippen molar-refractivity contribution in [2.75, 3.05) is 36.2 Å². The molecule has 4 nitrogen and oxygen atoms in total. The third-order valence-electron chi connectivity index (χ3n) is 4.60. The number of hydrogen-bond acceptors (Lipinski definition) is 5. The van der Waals surface area contributed by atoms with E-state index in [-0.39, 0.29) is 5.91 Å². The van der Waals surface area contributed by atoms with Gasteiger partial charge >= 0.3 is 0 Å². The van der Waals surface area contributed by atoms with Gasteiger partial charge in [0.05, 0.1) is 18.1 Å². The average molecular weight is 435 g/mol. The predicted octanol–water partition coefficient (Wildman–Crippen LogP) is 5.32. The SMILES string of the molecule is CCCCSCCCNC(=O)CSCC1=C(C)CC(c2ccc(OCC)cc2)=N1. The summed E-state index contributed by atoms with van der Waals surface area (Å²) in [7, 11) is 0. The molecule has 0 saturated carbocycles. The van der Waals surface area contributed by atoms with Crippen molar-refractivity contribution in [3.05, 3.63) is 41.1 Å². The average Bonchev–Trinajstić information content (AvgIpc) is 3.09. The molecule has 0 bridgehead atoms. The first-order valence-electron chi connectivity index (χ1n) is 10.6. The second-order valence-electron chi connectivity index (χ2n) is 7.08. The van der Waals surface area contributed by atoms with E-state index in [1.165, 1.54) is 24.2 Å². The maximum Gasteiger partial charge on any atom is 0.230 e. The zero-order valence-corrected chi connectivity index (χ0v) is 19.6. The van der Waals surface area contributed by atoms with E-state index < -0.39 is 0 Å². The van der Waals surface area contributed by atoms with Crippen LogP contribution in [0.5, 0.6) is 5.75 Å². The molecule has 0 fully saturated rings. The summed E-state index contributed by atoms with van der Waals surface area (Å²) in [5.74, 6) is 4.65. The van der Waals surface area contributed by atoms with Crippen LogP contribution in [0.4, 0.5) is 0 Å². The lowest BCUT2D eigenvalue weighted by Gasteiger charge is -2.06. The number of benzene rings is 1. The van der Waals surface area contributed by atoms with Crippen molar-refractivity contribution in [1.82, 2.24) is 5.32 Å². The van der Waals surface area contributed by atoms with Gasteiger partial charge in [0.1, 0.15) is 5.75 Å². The molecule has 6 heteroatoms. The van der Waals surface area contributed by atoms with E-state index in [4.69, 9.17) is 9.73 Å². The Balaban J connectivity index is 1.66. The van der Waals surface area contributed by atoms with E-state index in [0.29, 0.717) is 12.4 Å². The van der Waals surface area contributed by atoms with Crippen molar-refractivity contribution in [3.63, 3.8) is 0 Å². The number of aliphatic imine (C=N–C) groups is 1. The van der Waals surface area contributed by atoms with Crippen LogP contribution in [0, 0.1) is 0 Å². The lowest BCUT2D eigenvalue weighted by Crippen LogP contribution is -2.26. The highest BCUT2D eigenvalue weighted by Crippen LogP contribution is 2.26.